The van der Waals surface area contributed by atoms with Gasteiger partial charge in [0.1, 0.15) is 0 Å². The van der Waals surface area contributed by atoms with Crippen molar-refractivity contribution < 1.29 is 4.52 Å². The van der Waals surface area contributed by atoms with Gasteiger partial charge in [-0.3, -0.25) is 4.90 Å². The second-order valence-electron chi connectivity index (χ2n) is 6.09. The first-order valence-corrected chi connectivity index (χ1v) is 9.06. The molecule has 1 saturated heterocycles. The largest absolute Gasteiger partial charge is 0.369 e. The summed E-state index contributed by atoms with van der Waals surface area (Å²) in [5.41, 5.74) is 2.62. The fraction of sp³-hybridized carbons (Fsp3) is 0.333. The van der Waals surface area contributed by atoms with Gasteiger partial charge in [0.15, 0.2) is 0 Å². The number of aryl methyl sites for hydroxylation is 1. The lowest BCUT2D eigenvalue weighted by molar-refractivity contribution is 0.215. The van der Waals surface area contributed by atoms with Crippen LogP contribution in [0.3, 0.4) is 0 Å². The van der Waals surface area contributed by atoms with E-state index in [2.05, 4.69) is 51.1 Å². The Labute approximate surface area is 145 Å². The molecule has 3 heterocycles. The second-order valence-corrected chi connectivity index (χ2v) is 7.04. The van der Waals surface area contributed by atoms with Crippen LogP contribution in [0.5, 0.6) is 0 Å². The molecule has 1 aliphatic rings. The lowest BCUT2D eigenvalue weighted by Gasteiger charge is -2.35. The molecule has 2 aromatic heterocycles. The molecule has 0 atom stereocenters. The molecule has 3 aromatic rings. The Morgan fingerprint density at radius 2 is 2.00 bits per heavy atom. The second kappa shape index (κ2) is 6.75. The Balaban J connectivity index is 1.35. The average molecular weight is 340 g/mol. The van der Waals surface area contributed by atoms with Crippen LogP contribution in [0.4, 0.5) is 5.69 Å². The lowest BCUT2D eigenvalue weighted by Crippen LogP contribution is -2.46. The van der Waals surface area contributed by atoms with Crippen LogP contribution in [0.25, 0.3) is 10.7 Å². The number of piperazine rings is 1. The summed E-state index contributed by atoms with van der Waals surface area (Å²) in [5.74, 6) is 1.39. The molecule has 0 bridgehead atoms. The minimum absolute atomic E-state index is 0.693. The van der Waals surface area contributed by atoms with Crippen LogP contribution < -0.4 is 4.90 Å². The van der Waals surface area contributed by atoms with E-state index in [0.29, 0.717) is 11.7 Å². The predicted octanol–water partition coefficient (Wildman–Crippen LogP) is 3.43. The van der Waals surface area contributed by atoms with Crippen molar-refractivity contribution in [2.75, 3.05) is 31.1 Å². The molecule has 0 radical (unpaired) electrons. The number of hydrogen-bond donors (Lipinski definition) is 0. The molecule has 0 aliphatic carbocycles. The van der Waals surface area contributed by atoms with E-state index in [4.69, 9.17) is 4.52 Å². The first kappa shape index (κ1) is 15.4. The number of rotatable bonds is 4. The summed E-state index contributed by atoms with van der Waals surface area (Å²) in [6.45, 7) is 6.92. The van der Waals surface area contributed by atoms with Crippen LogP contribution in [0, 0.1) is 6.92 Å². The van der Waals surface area contributed by atoms with E-state index in [1.165, 1.54) is 11.3 Å². The summed E-state index contributed by atoms with van der Waals surface area (Å²) in [4.78, 5) is 10.4. The van der Waals surface area contributed by atoms with Crippen molar-refractivity contribution in [3.05, 3.63) is 53.2 Å². The molecule has 24 heavy (non-hydrogen) atoms. The smallest absolute Gasteiger partial charge is 0.241 e. The quantitative estimate of drug-likeness (QED) is 0.728. The summed E-state index contributed by atoms with van der Waals surface area (Å²) in [5, 5.41) is 6.11. The van der Waals surface area contributed by atoms with Gasteiger partial charge in [-0.1, -0.05) is 23.4 Å². The standard InChI is InChI=1S/C18H20N4OS/c1-14-4-2-5-15(12-14)22-9-7-21(8-10-22)13-17-19-18(20-23-17)16-6-3-11-24-16/h2-6,11-12H,7-10,13H2,1H3. The summed E-state index contributed by atoms with van der Waals surface area (Å²) in [6.07, 6.45) is 0. The third kappa shape index (κ3) is 3.34. The monoisotopic (exact) mass is 340 g/mol. The predicted molar refractivity (Wildman–Crippen MR) is 96.3 cm³/mol. The Morgan fingerprint density at radius 3 is 2.75 bits per heavy atom. The zero-order valence-corrected chi connectivity index (χ0v) is 14.5. The van der Waals surface area contributed by atoms with Gasteiger partial charge >= 0.3 is 0 Å². The van der Waals surface area contributed by atoms with Gasteiger partial charge in [-0.15, -0.1) is 11.3 Å². The van der Waals surface area contributed by atoms with Crippen molar-refractivity contribution in [3.63, 3.8) is 0 Å². The Kier molecular flexibility index (Phi) is 4.32. The number of thiophene rings is 1. The highest BCUT2D eigenvalue weighted by Gasteiger charge is 2.20. The van der Waals surface area contributed by atoms with Gasteiger partial charge < -0.3 is 9.42 Å². The third-order valence-corrected chi connectivity index (χ3v) is 5.17. The lowest BCUT2D eigenvalue weighted by atomic mass is 10.2. The molecule has 1 aromatic carbocycles. The fourth-order valence-corrected chi connectivity index (χ4v) is 3.65. The maximum atomic E-state index is 5.41. The zero-order valence-electron chi connectivity index (χ0n) is 13.7. The van der Waals surface area contributed by atoms with Gasteiger partial charge in [0.2, 0.25) is 11.7 Å². The molecule has 0 unspecified atom stereocenters. The van der Waals surface area contributed by atoms with Crippen LogP contribution in [0.1, 0.15) is 11.5 Å². The molecule has 0 amide bonds. The van der Waals surface area contributed by atoms with Crippen molar-refractivity contribution in [1.82, 2.24) is 15.0 Å². The summed E-state index contributed by atoms with van der Waals surface area (Å²) < 4.78 is 5.41. The van der Waals surface area contributed by atoms with Crippen molar-refractivity contribution in [2.45, 2.75) is 13.5 Å². The number of aromatic nitrogens is 2. The summed E-state index contributed by atoms with van der Waals surface area (Å²) in [6, 6.07) is 12.7. The van der Waals surface area contributed by atoms with E-state index >= 15 is 0 Å². The molecule has 0 N–H and O–H groups in total. The highest BCUT2D eigenvalue weighted by molar-refractivity contribution is 7.13. The van der Waals surface area contributed by atoms with Crippen molar-refractivity contribution in [2.24, 2.45) is 0 Å². The van der Waals surface area contributed by atoms with E-state index in [1.807, 2.05) is 17.5 Å². The van der Waals surface area contributed by atoms with Gasteiger partial charge in [0, 0.05) is 31.9 Å². The van der Waals surface area contributed by atoms with Crippen LogP contribution in [0.15, 0.2) is 46.3 Å². The van der Waals surface area contributed by atoms with Crippen LogP contribution in [-0.2, 0) is 6.54 Å². The molecule has 1 fully saturated rings. The fourth-order valence-electron chi connectivity index (χ4n) is 3.01. The maximum Gasteiger partial charge on any atom is 0.241 e. The number of nitrogens with zero attached hydrogens (tertiary/aromatic N) is 4. The normalized spacial score (nSPS) is 15.8. The minimum atomic E-state index is 0.693. The number of hydrogen-bond acceptors (Lipinski definition) is 6. The van der Waals surface area contributed by atoms with Gasteiger partial charge in [-0.2, -0.15) is 4.98 Å². The molecule has 0 saturated carbocycles. The van der Waals surface area contributed by atoms with E-state index in [-0.39, 0.29) is 0 Å². The average Bonchev–Trinajstić information content (AvgIpc) is 3.27. The topological polar surface area (TPSA) is 45.4 Å². The molecule has 1 aliphatic heterocycles. The number of benzene rings is 1. The number of anilines is 1. The van der Waals surface area contributed by atoms with Crippen LogP contribution >= 0.6 is 11.3 Å². The first-order valence-electron chi connectivity index (χ1n) is 8.18. The van der Waals surface area contributed by atoms with E-state index < -0.39 is 0 Å². The Morgan fingerprint density at radius 1 is 1.12 bits per heavy atom. The Bertz CT molecular complexity index is 791. The van der Waals surface area contributed by atoms with Gasteiger partial charge in [0.25, 0.3) is 0 Å². The van der Waals surface area contributed by atoms with Gasteiger partial charge in [0.05, 0.1) is 11.4 Å². The molecule has 124 valence electrons. The molecule has 5 nitrogen and oxygen atoms in total. The Hall–Kier alpha value is -2.18. The van der Waals surface area contributed by atoms with Crippen molar-refractivity contribution >= 4 is 17.0 Å². The third-order valence-electron chi connectivity index (χ3n) is 4.31. The van der Waals surface area contributed by atoms with Crippen LogP contribution in [-0.4, -0.2) is 41.2 Å². The highest BCUT2D eigenvalue weighted by Crippen LogP contribution is 2.22. The SMILES string of the molecule is Cc1cccc(N2CCN(Cc3nc(-c4cccs4)no3)CC2)c1. The first-order chi connectivity index (χ1) is 11.8. The molecular weight excluding hydrogens is 320 g/mol. The van der Waals surface area contributed by atoms with Crippen molar-refractivity contribution in [1.29, 1.82) is 0 Å². The van der Waals surface area contributed by atoms with E-state index in [9.17, 15) is 0 Å². The zero-order chi connectivity index (χ0) is 16.4. The van der Waals surface area contributed by atoms with Crippen LogP contribution in [0.2, 0.25) is 0 Å². The van der Waals surface area contributed by atoms with Gasteiger partial charge in [-0.25, -0.2) is 0 Å². The van der Waals surface area contributed by atoms with Gasteiger partial charge in [-0.05, 0) is 36.1 Å². The molecule has 4 rings (SSSR count). The maximum absolute atomic E-state index is 5.41. The summed E-state index contributed by atoms with van der Waals surface area (Å²) in [7, 11) is 0. The molecule has 0 spiro atoms. The van der Waals surface area contributed by atoms with E-state index in [1.54, 1.807) is 11.3 Å². The molecule has 6 heteroatoms. The van der Waals surface area contributed by atoms with Crippen molar-refractivity contribution in [3.8, 4) is 10.7 Å². The molecular formula is C18H20N4OS. The minimum Gasteiger partial charge on any atom is -0.369 e. The highest BCUT2D eigenvalue weighted by atomic mass is 32.1. The summed E-state index contributed by atoms with van der Waals surface area (Å²) >= 11 is 1.63. The van der Waals surface area contributed by atoms with E-state index in [0.717, 1.165) is 37.6 Å².